The minimum Gasteiger partial charge on any atom is -0.480 e. The number of nitrogens with one attached hydrogen (secondary N) is 1. The molecule has 1 amide bonds. The second kappa shape index (κ2) is 6.99. The summed E-state index contributed by atoms with van der Waals surface area (Å²) in [6.45, 7) is 0.277. The topological polar surface area (TPSA) is 94.1 Å². The molecule has 0 atom stereocenters. The fourth-order valence-corrected chi connectivity index (χ4v) is 1.74. The van der Waals surface area contributed by atoms with E-state index >= 15 is 0 Å². The van der Waals surface area contributed by atoms with E-state index < -0.39 is 24.8 Å². The van der Waals surface area contributed by atoms with Crippen LogP contribution in [0.3, 0.4) is 0 Å². The smallest absolute Gasteiger partial charge is 0.329 e. The summed E-state index contributed by atoms with van der Waals surface area (Å²) in [5, 5.41) is 11.0. The highest BCUT2D eigenvalue weighted by Crippen LogP contribution is 2.25. The molecule has 2 N–H and O–H groups in total. The van der Waals surface area contributed by atoms with Crippen molar-refractivity contribution in [3.8, 4) is 0 Å². The number of rotatable bonds is 6. The zero-order valence-electron chi connectivity index (χ0n) is 10.7. The summed E-state index contributed by atoms with van der Waals surface area (Å²) < 4.78 is 15.4. The molecule has 1 aromatic carbocycles. The molecule has 0 aliphatic carbocycles. The summed E-state index contributed by atoms with van der Waals surface area (Å²) in [6, 6.07) is 7.07. The lowest BCUT2D eigenvalue weighted by Crippen LogP contribution is -2.20. The van der Waals surface area contributed by atoms with Gasteiger partial charge in [0.1, 0.15) is 13.2 Å². The predicted molar refractivity (Wildman–Crippen MR) is 68.2 cm³/mol. The van der Waals surface area contributed by atoms with Gasteiger partial charge in [-0.15, -0.1) is 0 Å². The van der Waals surface area contributed by atoms with Crippen molar-refractivity contribution >= 4 is 17.6 Å². The highest BCUT2D eigenvalue weighted by molar-refractivity contribution is 5.91. The molecule has 0 spiro atoms. The van der Waals surface area contributed by atoms with E-state index in [1.165, 1.54) is 0 Å². The Morgan fingerprint density at radius 1 is 1.30 bits per heavy atom. The van der Waals surface area contributed by atoms with Crippen molar-refractivity contribution in [1.29, 1.82) is 0 Å². The van der Waals surface area contributed by atoms with E-state index in [2.05, 4.69) is 5.32 Å². The first-order valence-corrected chi connectivity index (χ1v) is 6.08. The van der Waals surface area contributed by atoms with E-state index in [1.54, 1.807) is 18.2 Å². The van der Waals surface area contributed by atoms with Gasteiger partial charge in [0.25, 0.3) is 0 Å². The monoisotopic (exact) mass is 281 g/mol. The third-order valence-corrected chi connectivity index (χ3v) is 2.52. The number of carboxylic acid groups (broad SMARTS) is 1. The van der Waals surface area contributed by atoms with Crippen LogP contribution in [0.25, 0.3) is 0 Å². The number of carboxylic acids is 1. The molecular weight excluding hydrogens is 266 g/mol. The number of aliphatic carboxylic acids is 1. The molecule has 7 heteroatoms. The van der Waals surface area contributed by atoms with Crippen molar-refractivity contribution < 1.29 is 28.9 Å². The van der Waals surface area contributed by atoms with Gasteiger partial charge in [-0.2, -0.15) is 0 Å². The quantitative estimate of drug-likeness (QED) is 0.800. The SMILES string of the molecule is O=C(O)COCC(=O)Nc1cccc(C2OCCO2)c1. The van der Waals surface area contributed by atoms with E-state index in [1.807, 2.05) is 6.07 Å². The second-order valence-electron chi connectivity index (χ2n) is 4.13. The van der Waals surface area contributed by atoms with Crippen LogP contribution in [0.5, 0.6) is 0 Å². The Kier molecular flexibility index (Phi) is 5.05. The first-order valence-electron chi connectivity index (χ1n) is 6.08. The summed E-state index contributed by atoms with van der Waals surface area (Å²) in [5.41, 5.74) is 1.39. The molecule has 1 heterocycles. The minimum absolute atomic E-state index is 0.313. The maximum Gasteiger partial charge on any atom is 0.329 e. The fraction of sp³-hybridized carbons (Fsp3) is 0.385. The van der Waals surface area contributed by atoms with Gasteiger partial charge in [0.05, 0.1) is 13.2 Å². The molecule has 20 heavy (non-hydrogen) atoms. The number of ether oxygens (including phenoxy) is 3. The Balaban J connectivity index is 1.87. The molecule has 1 aliphatic heterocycles. The molecule has 0 unspecified atom stereocenters. The molecule has 2 rings (SSSR count). The first kappa shape index (κ1) is 14.4. The van der Waals surface area contributed by atoms with E-state index in [0.29, 0.717) is 18.9 Å². The average Bonchev–Trinajstić information content (AvgIpc) is 2.92. The summed E-state index contributed by atoms with van der Waals surface area (Å²) in [5.74, 6) is -1.54. The number of carbonyl (C=O) groups is 2. The van der Waals surface area contributed by atoms with Gasteiger partial charge in [0.2, 0.25) is 5.91 Å². The van der Waals surface area contributed by atoms with Crippen LogP contribution in [0.1, 0.15) is 11.9 Å². The van der Waals surface area contributed by atoms with Crippen LogP contribution in [-0.4, -0.2) is 43.4 Å². The third kappa shape index (κ3) is 4.30. The van der Waals surface area contributed by atoms with Crippen LogP contribution >= 0.6 is 0 Å². The van der Waals surface area contributed by atoms with Crippen LogP contribution < -0.4 is 5.32 Å². The number of hydrogen-bond donors (Lipinski definition) is 2. The summed E-state index contributed by atoms with van der Waals surface area (Å²) >= 11 is 0. The fourth-order valence-electron chi connectivity index (χ4n) is 1.74. The van der Waals surface area contributed by atoms with E-state index in [-0.39, 0.29) is 6.61 Å². The Morgan fingerprint density at radius 2 is 2.05 bits per heavy atom. The highest BCUT2D eigenvalue weighted by atomic mass is 16.7. The van der Waals surface area contributed by atoms with Gasteiger partial charge in [-0.3, -0.25) is 4.79 Å². The molecule has 1 saturated heterocycles. The number of hydrogen-bond acceptors (Lipinski definition) is 5. The maximum absolute atomic E-state index is 11.5. The highest BCUT2D eigenvalue weighted by Gasteiger charge is 2.18. The molecule has 0 radical (unpaired) electrons. The first-order chi connectivity index (χ1) is 9.65. The van der Waals surface area contributed by atoms with Crippen LogP contribution in [-0.2, 0) is 23.8 Å². The lowest BCUT2D eigenvalue weighted by molar-refractivity contribution is -0.143. The maximum atomic E-state index is 11.5. The normalized spacial score (nSPS) is 15.2. The molecule has 1 aliphatic rings. The Morgan fingerprint density at radius 3 is 2.75 bits per heavy atom. The standard InChI is InChI=1S/C13H15NO6/c15-11(7-18-8-12(16)17)14-10-3-1-2-9(6-10)13-19-4-5-20-13/h1-3,6,13H,4-5,7-8H2,(H,14,15)(H,16,17). The predicted octanol–water partition coefficient (Wildman–Crippen LogP) is 0.772. The summed E-state index contributed by atoms with van der Waals surface area (Å²) in [4.78, 5) is 21.8. The summed E-state index contributed by atoms with van der Waals surface area (Å²) in [7, 11) is 0. The van der Waals surface area contributed by atoms with Crippen LogP contribution in [0, 0.1) is 0 Å². The van der Waals surface area contributed by atoms with E-state index in [9.17, 15) is 9.59 Å². The Labute approximate surface area is 115 Å². The molecular formula is C13H15NO6. The van der Waals surface area contributed by atoms with Gasteiger partial charge >= 0.3 is 5.97 Å². The Hall–Kier alpha value is -1.96. The number of carbonyl (C=O) groups excluding carboxylic acids is 1. The van der Waals surface area contributed by atoms with Gasteiger partial charge in [0, 0.05) is 11.3 Å². The van der Waals surface area contributed by atoms with E-state index in [0.717, 1.165) is 5.56 Å². The molecule has 0 aromatic heterocycles. The van der Waals surface area contributed by atoms with Crippen molar-refractivity contribution in [2.24, 2.45) is 0 Å². The van der Waals surface area contributed by atoms with Crippen molar-refractivity contribution in [1.82, 2.24) is 0 Å². The lowest BCUT2D eigenvalue weighted by atomic mass is 10.2. The van der Waals surface area contributed by atoms with Gasteiger partial charge in [-0.25, -0.2) is 4.79 Å². The number of anilines is 1. The third-order valence-electron chi connectivity index (χ3n) is 2.52. The van der Waals surface area contributed by atoms with Gasteiger partial charge < -0.3 is 24.6 Å². The molecule has 1 fully saturated rings. The minimum atomic E-state index is -1.12. The molecule has 1 aromatic rings. The molecule has 7 nitrogen and oxygen atoms in total. The van der Waals surface area contributed by atoms with Crippen molar-refractivity contribution in [2.45, 2.75) is 6.29 Å². The van der Waals surface area contributed by atoms with Crippen LogP contribution in [0.4, 0.5) is 5.69 Å². The van der Waals surface area contributed by atoms with Crippen molar-refractivity contribution in [3.63, 3.8) is 0 Å². The summed E-state index contributed by atoms with van der Waals surface area (Å²) in [6.07, 6.45) is -0.407. The average molecular weight is 281 g/mol. The Bertz CT molecular complexity index is 484. The largest absolute Gasteiger partial charge is 0.480 e. The van der Waals surface area contributed by atoms with Gasteiger partial charge in [0.15, 0.2) is 6.29 Å². The number of benzene rings is 1. The molecule has 0 saturated carbocycles. The van der Waals surface area contributed by atoms with Crippen LogP contribution in [0.2, 0.25) is 0 Å². The number of amides is 1. The van der Waals surface area contributed by atoms with Gasteiger partial charge in [-0.05, 0) is 12.1 Å². The van der Waals surface area contributed by atoms with Crippen molar-refractivity contribution in [2.75, 3.05) is 31.7 Å². The van der Waals surface area contributed by atoms with Crippen LogP contribution in [0.15, 0.2) is 24.3 Å². The van der Waals surface area contributed by atoms with E-state index in [4.69, 9.17) is 19.3 Å². The molecule has 108 valence electrons. The van der Waals surface area contributed by atoms with Crippen molar-refractivity contribution in [3.05, 3.63) is 29.8 Å². The molecule has 0 bridgehead atoms. The zero-order valence-corrected chi connectivity index (χ0v) is 10.7. The lowest BCUT2D eigenvalue weighted by Gasteiger charge is -2.11. The van der Waals surface area contributed by atoms with Gasteiger partial charge in [-0.1, -0.05) is 12.1 Å². The second-order valence-corrected chi connectivity index (χ2v) is 4.13. The zero-order chi connectivity index (χ0) is 14.4.